The minimum Gasteiger partial charge on any atom is -0.361 e. The third kappa shape index (κ3) is 5.72. The van der Waals surface area contributed by atoms with Crippen molar-refractivity contribution < 1.29 is 13.2 Å². The van der Waals surface area contributed by atoms with Gasteiger partial charge in [-0.1, -0.05) is 19.6 Å². The van der Waals surface area contributed by atoms with Crippen molar-refractivity contribution in [3.8, 4) is 0 Å². The molecular formula is C22H28ClN7O3SSi. The van der Waals surface area contributed by atoms with Crippen LogP contribution in [0.3, 0.4) is 0 Å². The summed E-state index contributed by atoms with van der Waals surface area (Å²) in [4.78, 5) is 17.4. The fourth-order valence-corrected chi connectivity index (χ4v) is 5.00. The smallest absolute Gasteiger partial charge is 0.232 e. The molecule has 1 N–H and O–H groups in total. The number of benzene rings is 1. The summed E-state index contributed by atoms with van der Waals surface area (Å²) in [6.07, 6.45) is 6.08. The van der Waals surface area contributed by atoms with Gasteiger partial charge in [0.2, 0.25) is 15.3 Å². The lowest BCUT2D eigenvalue weighted by Crippen LogP contribution is -2.26. The van der Waals surface area contributed by atoms with Gasteiger partial charge in [0.05, 0.1) is 23.0 Å². The molecule has 35 heavy (non-hydrogen) atoms. The molecule has 13 heteroatoms. The van der Waals surface area contributed by atoms with E-state index in [2.05, 4.69) is 44.9 Å². The molecule has 0 bridgehead atoms. The number of ether oxygens (including phenoxy) is 1. The van der Waals surface area contributed by atoms with Crippen LogP contribution in [0.25, 0.3) is 22.1 Å². The summed E-state index contributed by atoms with van der Waals surface area (Å²) in [7, 11) is -3.33. The minimum absolute atomic E-state index is 0.0657. The molecule has 0 aliphatic heterocycles. The average molecular weight is 534 g/mol. The Labute approximate surface area is 210 Å². The van der Waals surface area contributed by atoms with Crippen LogP contribution in [-0.2, 0) is 21.5 Å². The van der Waals surface area contributed by atoms with E-state index < -0.39 is 18.1 Å². The van der Waals surface area contributed by atoms with Crippen LogP contribution in [-0.4, -0.2) is 60.9 Å². The number of hydrogen-bond acceptors (Lipinski definition) is 8. The predicted octanol–water partition coefficient (Wildman–Crippen LogP) is 4.48. The van der Waals surface area contributed by atoms with Gasteiger partial charge in [0.15, 0.2) is 5.82 Å². The SMILES string of the molecule is CN(c1c(Nc2nc(Cl)nc3ccn(COCC[Si](C)(C)C)c23)ccc2nccnc12)S(C)(=O)=O. The largest absolute Gasteiger partial charge is 0.361 e. The number of sulfonamides is 1. The van der Waals surface area contributed by atoms with Crippen molar-refractivity contribution in [2.75, 3.05) is 29.5 Å². The summed E-state index contributed by atoms with van der Waals surface area (Å²) in [5.41, 5.74) is 3.16. The van der Waals surface area contributed by atoms with Gasteiger partial charge in [-0.15, -0.1) is 0 Å². The summed E-state index contributed by atoms with van der Waals surface area (Å²) in [5, 5.41) is 3.33. The molecule has 4 rings (SSSR count). The lowest BCUT2D eigenvalue weighted by Gasteiger charge is -2.22. The van der Waals surface area contributed by atoms with E-state index >= 15 is 0 Å². The van der Waals surface area contributed by atoms with Crippen LogP contribution >= 0.6 is 11.6 Å². The Balaban J connectivity index is 1.77. The summed E-state index contributed by atoms with van der Waals surface area (Å²) in [6, 6.07) is 6.40. The molecule has 0 saturated heterocycles. The maximum atomic E-state index is 12.5. The Kier molecular flexibility index (Phi) is 7.00. The predicted molar refractivity (Wildman–Crippen MR) is 143 cm³/mol. The number of nitrogens with one attached hydrogen (secondary N) is 1. The van der Waals surface area contributed by atoms with Gasteiger partial charge in [-0.05, 0) is 35.8 Å². The number of anilines is 3. The number of fused-ring (bicyclic) bond motifs is 2. The van der Waals surface area contributed by atoms with E-state index in [0.29, 0.717) is 52.6 Å². The highest BCUT2D eigenvalue weighted by atomic mass is 35.5. The first-order valence-corrected chi connectivity index (χ1v) is 16.9. The summed E-state index contributed by atoms with van der Waals surface area (Å²) in [6.45, 7) is 7.90. The van der Waals surface area contributed by atoms with Crippen molar-refractivity contribution in [3.63, 3.8) is 0 Å². The normalized spacial score (nSPS) is 12.4. The fraction of sp³-hybridized carbons (Fsp3) is 0.364. The highest BCUT2D eigenvalue weighted by molar-refractivity contribution is 7.92. The zero-order chi connectivity index (χ0) is 25.4. The number of halogens is 1. The number of rotatable bonds is 9. The van der Waals surface area contributed by atoms with Crippen molar-refractivity contribution in [1.82, 2.24) is 24.5 Å². The van der Waals surface area contributed by atoms with Gasteiger partial charge in [-0.3, -0.25) is 14.3 Å². The van der Waals surface area contributed by atoms with Crippen molar-refractivity contribution in [2.45, 2.75) is 32.4 Å². The molecule has 0 atom stereocenters. The second-order valence-corrected chi connectivity index (χ2v) is 17.4. The topological polar surface area (TPSA) is 115 Å². The maximum Gasteiger partial charge on any atom is 0.232 e. The van der Waals surface area contributed by atoms with Crippen molar-refractivity contribution in [3.05, 3.63) is 42.1 Å². The van der Waals surface area contributed by atoms with E-state index in [0.717, 1.165) is 12.3 Å². The van der Waals surface area contributed by atoms with Gasteiger partial charge in [-0.25, -0.2) is 13.4 Å². The molecule has 10 nitrogen and oxygen atoms in total. The Morgan fingerprint density at radius 3 is 2.57 bits per heavy atom. The first-order valence-electron chi connectivity index (χ1n) is 11.0. The van der Waals surface area contributed by atoms with E-state index in [-0.39, 0.29) is 5.28 Å². The highest BCUT2D eigenvalue weighted by Crippen LogP contribution is 2.36. The van der Waals surface area contributed by atoms with E-state index in [9.17, 15) is 8.42 Å². The van der Waals surface area contributed by atoms with E-state index in [4.69, 9.17) is 16.3 Å². The summed E-state index contributed by atoms with van der Waals surface area (Å²) >= 11 is 6.22. The Hall–Kier alpha value is -2.80. The highest BCUT2D eigenvalue weighted by Gasteiger charge is 2.22. The molecule has 3 aromatic heterocycles. The van der Waals surface area contributed by atoms with Crippen molar-refractivity contribution >= 4 is 69.0 Å². The third-order valence-corrected chi connectivity index (χ3v) is 8.54. The molecule has 0 spiro atoms. The van der Waals surface area contributed by atoms with Crippen LogP contribution in [0.5, 0.6) is 0 Å². The van der Waals surface area contributed by atoms with Gasteiger partial charge < -0.3 is 14.6 Å². The number of hydrogen-bond donors (Lipinski definition) is 1. The van der Waals surface area contributed by atoms with Crippen LogP contribution in [0.4, 0.5) is 17.2 Å². The van der Waals surface area contributed by atoms with Crippen molar-refractivity contribution in [2.24, 2.45) is 0 Å². The minimum atomic E-state index is -3.59. The van der Waals surface area contributed by atoms with Gasteiger partial charge in [-0.2, -0.15) is 4.98 Å². The average Bonchev–Trinajstić information content (AvgIpc) is 3.17. The third-order valence-electron chi connectivity index (χ3n) is 5.49. The molecule has 3 heterocycles. The molecule has 0 amide bonds. The maximum absolute atomic E-state index is 12.5. The van der Waals surface area contributed by atoms with Crippen LogP contribution in [0.2, 0.25) is 31.0 Å². The van der Waals surface area contributed by atoms with Gasteiger partial charge in [0, 0.05) is 40.3 Å². The number of aromatic nitrogens is 5. The van der Waals surface area contributed by atoms with E-state index in [1.165, 1.54) is 17.5 Å². The van der Waals surface area contributed by atoms with Crippen LogP contribution in [0.15, 0.2) is 36.8 Å². The van der Waals surface area contributed by atoms with Gasteiger partial charge in [0.25, 0.3) is 0 Å². The summed E-state index contributed by atoms with van der Waals surface area (Å²) in [5.74, 6) is 0.421. The molecule has 1 aromatic carbocycles. The zero-order valence-electron chi connectivity index (χ0n) is 20.3. The first-order chi connectivity index (χ1) is 16.4. The molecule has 186 valence electrons. The lowest BCUT2D eigenvalue weighted by atomic mass is 10.2. The molecule has 4 aromatic rings. The molecular weight excluding hydrogens is 506 g/mol. The Bertz CT molecular complexity index is 1490. The van der Waals surface area contributed by atoms with E-state index in [1.807, 2.05) is 16.8 Å². The fourth-order valence-electron chi connectivity index (χ4n) is 3.55. The number of nitrogens with zero attached hydrogens (tertiary/aromatic N) is 6. The van der Waals surface area contributed by atoms with E-state index in [1.54, 1.807) is 18.3 Å². The van der Waals surface area contributed by atoms with Crippen molar-refractivity contribution in [1.29, 1.82) is 0 Å². The van der Waals surface area contributed by atoms with Gasteiger partial charge in [0.1, 0.15) is 23.5 Å². The monoisotopic (exact) mass is 533 g/mol. The molecule has 0 aliphatic rings. The first kappa shape index (κ1) is 25.3. The summed E-state index contributed by atoms with van der Waals surface area (Å²) < 4.78 is 33.9. The molecule has 0 aliphatic carbocycles. The van der Waals surface area contributed by atoms with Crippen LogP contribution < -0.4 is 9.62 Å². The molecule has 0 radical (unpaired) electrons. The van der Waals surface area contributed by atoms with Gasteiger partial charge >= 0.3 is 0 Å². The molecule has 0 saturated carbocycles. The second-order valence-electron chi connectivity index (χ2n) is 9.45. The second kappa shape index (κ2) is 9.68. The Morgan fingerprint density at radius 1 is 1.11 bits per heavy atom. The quantitative estimate of drug-likeness (QED) is 0.190. The molecule has 0 fully saturated rings. The zero-order valence-corrected chi connectivity index (χ0v) is 22.9. The lowest BCUT2D eigenvalue weighted by molar-refractivity contribution is 0.0903. The standard InChI is InChI=1S/C22H28ClN7O3SSi/c1-29(34(2,31)32)19-16(7-6-15-18(19)25-10-9-24-15)26-21-20-17(27-22(23)28-21)8-11-30(20)14-33-12-13-35(3,4)5/h6-11H,12-14H2,1-5H3,(H,26,27,28). The Morgan fingerprint density at radius 2 is 1.86 bits per heavy atom. The molecule has 0 unspecified atom stereocenters. The van der Waals surface area contributed by atoms with Crippen LogP contribution in [0.1, 0.15) is 0 Å². The van der Waals surface area contributed by atoms with Crippen LogP contribution in [0, 0.1) is 0 Å².